The molecule has 2 heterocycles. The minimum Gasteiger partial charge on any atom is -0.462 e. The van der Waals surface area contributed by atoms with Crippen LogP contribution in [-0.4, -0.2) is 22.0 Å². The highest BCUT2D eigenvalue weighted by molar-refractivity contribution is 7.17. The maximum atomic E-state index is 12.6. The first-order valence-electron chi connectivity index (χ1n) is 9.14. The van der Waals surface area contributed by atoms with Crippen LogP contribution in [0.5, 0.6) is 0 Å². The van der Waals surface area contributed by atoms with Crippen LogP contribution in [0.25, 0.3) is 4.96 Å². The molecule has 0 aromatic carbocycles. The molecule has 1 saturated carbocycles. The number of nitrogens with zero attached hydrogens (tertiary/aromatic N) is 2. The van der Waals surface area contributed by atoms with Gasteiger partial charge in [0.05, 0.1) is 12.8 Å². The highest BCUT2D eigenvalue weighted by Crippen LogP contribution is 2.59. The van der Waals surface area contributed by atoms with Crippen LogP contribution in [0.4, 0.5) is 0 Å². The van der Waals surface area contributed by atoms with E-state index in [-0.39, 0.29) is 11.1 Å². The van der Waals surface area contributed by atoms with E-state index in [1.54, 1.807) is 0 Å². The normalized spacial score (nSPS) is 23.5. The van der Waals surface area contributed by atoms with Gasteiger partial charge >= 0.3 is 5.97 Å². The van der Waals surface area contributed by atoms with Crippen molar-refractivity contribution in [1.82, 2.24) is 9.38 Å². The van der Waals surface area contributed by atoms with Gasteiger partial charge in [0, 0.05) is 17.0 Å². The van der Waals surface area contributed by atoms with Crippen molar-refractivity contribution >= 4 is 22.3 Å². The molecule has 0 amide bonds. The summed E-state index contributed by atoms with van der Waals surface area (Å²) < 4.78 is 6.91. The summed E-state index contributed by atoms with van der Waals surface area (Å²) >= 11 is 1.45. The van der Waals surface area contributed by atoms with Crippen LogP contribution in [0.1, 0.15) is 54.0 Å². The zero-order valence-electron chi connectivity index (χ0n) is 15.7. The number of ether oxygens (including phenoxy) is 1. The Bertz CT molecular complexity index is 983. The SMILES string of the molecule is Cc1sc2ncc(C(=O)OCCC3=CC[C@H]4C[C@@H]3C4(C)C)c(=O)n2c1C. The third kappa shape index (κ3) is 2.54. The Morgan fingerprint density at radius 1 is 1.42 bits per heavy atom. The number of thiazole rings is 1. The Hall–Kier alpha value is -1.95. The Morgan fingerprint density at radius 3 is 2.88 bits per heavy atom. The molecule has 2 atom stereocenters. The zero-order chi connectivity index (χ0) is 18.6. The molecule has 5 rings (SSSR count). The van der Waals surface area contributed by atoms with Gasteiger partial charge < -0.3 is 4.74 Å². The Balaban J connectivity index is 1.45. The molecule has 3 aliphatic carbocycles. The van der Waals surface area contributed by atoms with E-state index in [1.807, 2.05) is 13.8 Å². The Kier molecular flexibility index (Phi) is 4.06. The standard InChI is InChI=1S/C20H24N2O3S/c1-11-12(2)26-19-21-10-15(17(23)22(11)19)18(24)25-8-7-13-5-6-14-9-16(13)20(14,3)4/h5,10,14,16H,6-9H2,1-4H3/t14-,16-/m0/s1. The monoisotopic (exact) mass is 372 g/mol. The van der Waals surface area contributed by atoms with E-state index in [0.29, 0.717) is 22.9 Å². The number of rotatable bonds is 4. The van der Waals surface area contributed by atoms with Crippen LogP contribution in [-0.2, 0) is 4.74 Å². The summed E-state index contributed by atoms with van der Waals surface area (Å²) in [5.41, 5.74) is 2.26. The molecule has 138 valence electrons. The molecule has 0 spiro atoms. The van der Waals surface area contributed by atoms with Gasteiger partial charge in [0.25, 0.3) is 5.56 Å². The van der Waals surface area contributed by atoms with Gasteiger partial charge in [-0.3, -0.25) is 9.20 Å². The zero-order valence-corrected chi connectivity index (χ0v) is 16.5. The third-order valence-corrected chi connectivity index (χ3v) is 7.52. The number of hydrogen-bond donors (Lipinski definition) is 0. The van der Waals surface area contributed by atoms with Gasteiger partial charge in [-0.1, -0.05) is 25.5 Å². The lowest BCUT2D eigenvalue weighted by molar-refractivity contribution is -0.0103. The molecule has 3 aliphatic rings. The summed E-state index contributed by atoms with van der Waals surface area (Å²) in [4.78, 5) is 30.9. The summed E-state index contributed by atoms with van der Waals surface area (Å²) in [6.07, 6.45) is 6.80. The second-order valence-corrected chi connectivity index (χ2v) is 9.23. The number of aryl methyl sites for hydroxylation is 2. The first kappa shape index (κ1) is 17.5. The van der Waals surface area contributed by atoms with Gasteiger partial charge in [-0.2, -0.15) is 0 Å². The smallest absolute Gasteiger partial charge is 0.345 e. The van der Waals surface area contributed by atoms with Gasteiger partial charge in [-0.15, -0.1) is 11.3 Å². The summed E-state index contributed by atoms with van der Waals surface area (Å²) in [6.45, 7) is 8.78. The predicted molar refractivity (Wildman–Crippen MR) is 102 cm³/mol. The lowest BCUT2D eigenvalue weighted by Gasteiger charge is -2.56. The van der Waals surface area contributed by atoms with Crippen molar-refractivity contribution in [3.05, 3.63) is 44.3 Å². The number of allylic oxidation sites excluding steroid dienone is 1. The van der Waals surface area contributed by atoms with Crippen LogP contribution in [0, 0.1) is 31.1 Å². The van der Waals surface area contributed by atoms with Gasteiger partial charge in [0.2, 0.25) is 0 Å². The quantitative estimate of drug-likeness (QED) is 0.603. The number of hydrogen-bond acceptors (Lipinski definition) is 5. The molecule has 0 radical (unpaired) electrons. The number of fused-ring (bicyclic) bond motifs is 2. The number of aromatic nitrogens is 2. The average Bonchev–Trinajstić information content (AvgIpc) is 2.90. The molecule has 2 aromatic rings. The molecule has 5 nitrogen and oxygen atoms in total. The summed E-state index contributed by atoms with van der Waals surface area (Å²) in [7, 11) is 0. The van der Waals surface area contributed by atoms with Crippen LogP contribution in [0.2, 0.25) is 0 Å². The summed E-state index contributed by atoms with van der Waals surface area (Å²) in [5.74, 6) is 0.830. The molecule has 2 aromatic heterocycles. The lowest BCUT2D eigenvalue weighted by atomic mass is 9.48. The average molecular weight is 372 g/mol. The fourth-order valence-electron chi connectivity index (χ4n) is 4.41. The van der Waals surface area contributed by atoms with E-state index in [2.05, 4.69) is 24.9 Å². The van der Waals surface area contributed by atoms with Crippen LogP contribution >= 0.6 is 11.3 Å². The van der Waals surface area contributed by atoms with Gasteiger partial charge in [0.15, 0.2) is 4.96 Å². The fourth-order valence-corrected chi connectivity index (χ4v) is 5.34. The van der Waals surface area contributed by atoms with Crippen molar-refractivity contribution in [1.29, 1.82) is 0 Å². The van der Waals surface area contributed by atoms with Crippen molar-refractivity contribution in [2.75, 3.05) is 6.61 Å². The van der Waals surface area contributed by atoms with Crippen LogP contribution < -0.4 is 5.56 Å². The second-order valence-electron chi connectivity index (χ2n) is 8.05. The van der Waals surface area contributed by atoms with E-state index in [1.165, 1.54) is 33.9 Å². The highest BCUT2D eigenvalue weighted by atomic mass is 32.1. The van der Waals surface area contributed by atoms with E-state index >= 15 is 0 Å². The molecule has 1 fully saturated rings. The largest absolute Gasteiger partial charge is 0.462 e. The molecule has 0 aliphatic heterocycles. The molecule has 26 heavy (non-hydrogen) atoms. The van der Waals surface area contributed by atoms with E-state index in [9.17, 15) is 9.59 Å². The molecule has 0 saturated heterocycles. The van der Waals surface area contributed by atoms with Gasteiger partial charge in [0.1, 0.15) is 5.56 Å². The fraction of sp³-hybridized carbons (Fsp3) is 0.550. The topological polar surface area (TPSA) is 60.7 Å². The van der Waals surface area contributed by atoms with Gasteiger partial charge in [-0.05, 0) is 43.9 Å². The highest BCUT2D eigenvalue weighted by Gasteiger charge is 2.50. The van der Waals surface area contributed by atoms with Crippen molar-refractivity contribution in [2.24, 2.45) is 17.3 Å². The Morgan fingerprint density at radius 2 is 2.19 bits per heavy atom. The number of carbonyl (C=O) groups is 1. The second kappa shape index (κ2) is 6.05. The van der Waals surface area contributed by atoms with Crippen LogP contribution in [0.3, 0.4) is 0 Å². The van der Waals surface area contributed by atoms with Crippen molar-refractivity contribution in [2.45, 2.75) is 47.0 Å². The first-order valence-corrected chi connectivity index (χ1v) is 9.96. The van der Waals surface area contributed by atoms with E-state index in [0.717, 1.165) is 29.3 Å². The minimum atomic E-state index is -0.581. The molecule has 6 heteroatoms. The first-order chi connectivity index (χ1) is 12.3. The van der Waals surface area contributed by atoms with Crippen molar-refractivity contribution < 1.29 is 9.53 Å². The summed E-state index contributed by atoms with van der Waals surface area (Å²) in [6, 6.07) is 0. The molecule has 0 N–H and O–H groups in total. The maximum Gasteiger partial charge on any atom is 0.345 e. The molecular weight excluding hydrogens is 348 g/mol. The number of esters is 1. The maximum absolute atomic E-state index is 12.6. The minimum absolute atomic E-state index is 0.00469. The predicted octanol–water partition coefficient (Wildman–Crippen LogP) is 3.91. The van der Waals surface area contributed by atoms with Gasteiger partial charge in [-0.25, -0.2) is 9.78 Å². The Labute approximate surface area is 156 Å². The van der Waals surface area contributed by atoms with E-state index in [4.69, 9.17) is 4.74 Å². The van der Waals surface area contributed by atoms with Crippen LogP contribution in [0.15, 0.2) is 22.6 Å². The third-order valence-electron chi connectivity index (χ3n) is 6.44. The van der Waals surface area contributed by atoms with Crippen molar-refractivity contribution in [3.63, 3.8) is 0 Å². The molecule has 0 unspecified atom stereocenters. The molecular formula is C20H24N2O3S. The summed E-state index contributed by atoms with van der Waals surface area (Å²) in [5, 5.41) is 0. The van der Waals surface area contributed by atoms with E-state index < -0.39 is 5.97 Å². The number of carbonyl (C=O) groups excluding carboxylic acids is 1. The molecule has 2 bridgehead atoms. The van der Waals surface area contributed by atoms with Crippen molar-refractivity contribution in [3.8, 4) is 0 Å². The lowest BCUT2D eigenvalue weighted by Crippen LogP contribution is -2.48.